The molecule has 0 spiro atoms. The van der Waals surface area contributed by atoms with Crippen molar-refractivity contribution in [3.05, 3.63) is 69.6 Å². The summed E-state index contributed by atoms with van der Waals surface area (Å²) in [7, 11) is 0. The fourth-order valence-corrected chi connectivity index (χ4v) is 5.43. The topological polar surface area (TPSA) is 128 Å². The second-order valence-corrected chi connectivity index (χ2v) is 9.50. The van der Waals surface area contributed by atoms with Crippen LogP contribution < -0.4 is 10.1 Å². The van der Waals surface area contributed by atoms with E-state index in [1.54, 1.807) is 26.0 Å². The molecule has 9 heteroatoms. The van der Waals surface area contributed by atoms with Gasteiger partial charge in [-0.05, 0) is 32.8 Å². The van der Waals surface area contributed by atoms with Crippen molar-refractivity contribution in [2.75, 3.05) is 13.2 Å². The molecule has 0 saturated heterocycles. The Balaban J connectivity index is 1.71. The molecule has 2 aliphatic carbocycles. The third-order valence-electron chi connectivity index (χ3n) is 7.18. The van der Waals surface area contributed by atoms with Crippen LogP contribution >= 0.6 is 0 Å². The van der Waals surface area contributed by atoms with Crippen LogP contribution in [-0.2, 0) is 19.1 Å². The normalized spacial score (nSPS) is 18.6. The number of hydrogen-bond donors (Lipinski definition) is 2. The summed E-state index contributed by atoms with van der Waals surface area (Å²) < 4.78 is 16.7. The quantitative estimate of drug-likeness (QED) is 0.466. The molecule has 1 saturated carbocycles. The third-order valence-corrected chi connectivity index (χ3v) is 7.18. The Morgan fingerprint density at radius 2 is 1.63 bits per heavy atom. The lowest BCUT2D eigenvalue weighted by Crippen LogP contribution is -2.39. The third kappa shape index (κ3) is 4.21. The van der Waals surface area contributed by atoms with Crippen LogP contribution in [-0.4, -0.2) is 47.9 Å². The average molecular weight is 520 g/mol. The molecule has 1 heterocycles. The molecular formula is C29H29NO8. The second kappa shape index (κ2) is 10.3. The second-order valence-electron chi connectivity index (χ2n) is 9.50. The van der Waals surface area contributed by atoms with E-state index in [4.69, 9.17) is 14.2 Å². The highest BCUT2D eigenvalue weighted by molar-refractivity contribution is 6.29. The number of ketones is 2. The molecule has 5 rings (SSSR count). The number of esters is 2. The van der Waals surface area contributed by atoms with E-state index in [9.17, 15) is 24.3 Å². The van der Waals surface area contributed by atoms with Gasteiger partial charge in [-0.2, -0.15) is 0 Å². The van der Waals surface area contributed by atoms with Crippen LogP contribution in [0.2, 0.25) is 0 Å². The van der Waals surface area contributed by atoms with Gasteiger partial charge in [-0.3, -0.25) is 14.4 Å². The van der Waals surface area contributed by atoms with Gasteiger partial charge in [0.25, 0.3) is 0 Å². The number of nitrogens with one attached hydrogen (secondary N) is 1. The van der Waals surface area contributed by atoms with Crippen molar-refractivity contribution >= 4 is 23.5 Å². The van der Waals surface area contributed by atoms with Crippen molar-refractivity contribution in [3.8, 4) is 11.5 Å². The van der Waals surface area contributed by atoms with Crippen LogP contribution in [0.5, 0.6) is 11.5 Å². The molecule has 2 N–H and O–H groups in total. The number of benzene rings is 2. The van der Waals surface area contributed by atoms with Gasteiger partial charge in [-0.15, -0.1) is 0 Å². The summed E-state index contributed by atoms with van der Waals surface area (Å²) in [5.41, 5.74) is 0.0347. The molecule has 2 aromatic carbocycles. The number of hydrogen-bond acceptors (Lipinski definition) is 9. The summed E-state index contributed by atoms with van der Waals surface area (Å²) in [5.74, 6) is -4.67. The van der Waals surface area contributed by atoms with Crippen LogP contribution in [0.1, 0.15) is 89.3 Å². The Labute approximate surface area is 219 Å². The first-order valence-corrected chi connectivity index (χ1v) is 13.0. The minimum Gasteiger partial charge on any atom is -0.504 e. The molecule has 38 heavy (non-hydrogen) atoms. The minimum atomic E-state index is -1.35. The molecule has 1 atom stereocenters. The number of fused-ring (bicyclic) bond motifs is 3. The van der Waals surface area contributed by atoms with Gasteiger partial charge >= 0.3 is 11.9 Å². The number of carbonyl (C=O) groups excluding carboxylic acids is 4. The van der Waals surface area contributed by atoms with Crippen LogP contribution in [0.15, 0.2) is 41.8 Å². The predicted molar refractivity (Wildman–Crippen MR) is 135 cm³/mol. The highest BCUT2D eigenvalue weighted by Crippen LogP contribution is 2.49. The summed E-state index contributed by atoms with van der Waals surface area (Å²) in [5, 5.41) is 14.6. The molecule has 1 aliphatic heterocycles. The fourth-order valence-electron chi connectivity index (χ4n) is 5.43. The summed E-state index contributed by atoms with van der Waals surface area (Å²) >= 11 is 0. The zero-order valence-corrected chi connectivity index (χ0v) is 21.3. The molecule has 0 aromatic heterocycles. The molecule has 3 aliphatic rings. The number of rotatable bonds is 6. The number of aromatic hydroxyl groups is 1. The van der Waals surface area contributed by atoms with Crippen LogP contribution in [0.25, 0.3) is 0 Å². The predicted octanol–water partition coefficient (Wildman–Crippen LogP) is 3.90. The number of carbonyl (C=O) groups is 4. The van der Waals surface area contributed by atoms with Crippen molar-refractivity contribution in [3.63, 3.8) is 0 Å². The number of ether oxygens (including phenoxy) is 3. The maximum Gasteiger partial charge on any atom is 0.340 e. The summed E-state index contributed by atoms with van der Waals surface area (Å²) in [6, 6.07) is 7.65. The fraction of sp³-hybridized carbons (Fsp3) is 0.379. The summed E-state index contributed by atoms with van der Waals surface area (Å²) in [6.07, 6.45) is 4.75. The van der Waals surface area contributed by atoms with E-state index in [2.05, 4.69) is 5.32 Å². The highest BCUT2D eigenvalue weighted by atomic mass is 16.5. The van der Waals surface area contributed by atoms with Gasteiger partial charge in [0.1, 0.15) is 11.5 Å². The maximum absolute atomic E-state index is 13.4. The van der Waals surface area contributed by atoms with Crippen LogP contribution in [0.4, 0.5) is 0 Å². The van der Waals surface area contributed by atoms with Gasteiger partial charge in [0.2, 0.25) is 5.88 Å². The first-order valence-electron chi connectivity index (χ1n) is 13.0. The van der Waals surface area contributed by atoms with Gasteiger partial charge in [-0.25, -0.2) is 4.79 Å². The summed E-state index contributed by atoms with van der Waals surface area (Å²) in [6.45, 7) is 3.37. The Morgan fingerprint density at radius 1 is 0.974 bits per heavy atom. The Bertz CT molecular complexity index is 1370. The molecule has 1 unspecified atom stereocenters. The summed E-state index contributed by atoms with van der Waals surface area (Å²) in [4.78, 5) is 53.4. The lowest BCUT2D eigenvalue weighted by molar-refractivity contribution is -0.148. The highest BCUT2D eigenvalue weighted by Gasteiger charge is 2.45. The van der Waals surface area contributed by atoms with Gasteiger partial charge in [0.05, 0.1) is 18.8 Å². The van der Waals surface area contributed by atoms with E-state index in [0.29, 0.717) is 0 Å². The van der Waals surface area contributed by atoms with E-state index in [-0.39, 0.29) is 64.3 Å². The molecule has 198 valence electrons. The van der Waals surface area contributed by atoms with Gasteiger partial charge in [-0.1, -0.05) is 43.5 Å². The van der Waals surface area contributed by atoms with Crippen molar-refractivity contribution < 1.29 is 38.5 Å². The first kappa shape index (κ1) is 25.5. The van der Waals surface area contributed by atoms with Gasteiger partial charge in [0.15, 0.2) is 23.1 Å². The largest absolute Gasteiger partial charge is 0.504 e. The Morgan fingerprint density at radius 3 is 2.29 bits per heavy atom. The smallest absolute Gasteiger partial charge is 0.340 e. The van der Waals surface area contributed by atoms with E-state index < -0.39 is 35.2 Å². The van der Waals surface area contributed by atoms with Crippen molar-refractivity contribution in [2.24, 2.45) is 0 Å². The number of phenolic OH excluding ortho intramolecular Hbond substituents is 1. The zero-order valence-electron chi connectivity index (χ0n) is 21.3. The van der Waals surface area contributed by atoms with E-state index in [1.165, 1.54) is 18.2 Å². The lowest BCUT2D eigenvalue weighted by atomic mass is 9.79. The van der Waals surface area contributed by atoms with Gasteiger partial charge < -0.3 is 24.6 Å². The van der Waals surface area contributed by atoms with Crippen LogP contribution in [0.3, 0.4) is 0 Å². The van der Waals surface area contributed by atoms with Crippen molar-refractivity contribution in [1.82, 2.24) is 5.32 Å². The molecule has 0 amide bonds. The van der Waals surface area contributed by atoms with Gasteiger partial charge in [0, 0.05) is 28.3 Å². The van der Waals surface area contributed by atoms with Crippen molar-refractivity contribution in [1.29, 1.82) is 0 Å². The Hall–Kier alpha value is -4.14. The molecule has 0 bridgehead atoms. The van der Waals surface area contributed by atoms with E-state index >= 15 is 0 Å². The minimum absolute atomic E-state index is 0.0221. The lowest BCUT2D eigenvalue weighted by Gasteiger charge is -2.33. The van der Waals surface area contributed by atoms with Crippen LogP contribution in [0, 0.1) is 0 Å². The monoisotopic (exact) mass is 519 g/mol. The van der Waals surface area contributed by atoms with Crippen molar-refractivity contribution in [2.45, 2.75) is 57.9 Å². The standard InChI is InChI=1S/C29H29NO8/c1-3-36-28(34)20-19-14-18-21(24(32)17-13-9-8-12-16(17)23(18)31)25(33)26(19)38-27(22(20)29(35)37-4-2)30-15-10-6-5-7-11-15/h8-9,12-15,20,30,33H,3-7,10-11H2,1-2H3. The molecular weight excluding hydrogens is 490 g/mol. The van der Waals surface area contributed by atoms with E-state index in [0.717, 1.165) is 32.1 Å². The molecule has 2 aromatic rings. The average Bonchev–Trinajstić information content (AvgIpc) is 2.92. The zero-order chi connectivity index (χ0) is 27.0. The first-order chi connectivity index (χ1) is 18.4. The molecule has 1 fully saturated rings. The Kier molecular flexibility index (Phi) is 6.93. The van der Waals surface area contributed by atoms with E-state index in [1.807, 2.05) is 0 Å². The number of phenols is 1. The molecule has 0 radical (unpaired) electrons. The SMILES string of the molecule is CCOC(=O)C1=C(NC2CCCCC2)Oc2c(cc3c(c2O)C(=O)c2ccccc2C3=O)C1C(=O)OCC. The maximum atomic E-state index is 13.4. The molecule has 9 nitrogen and oxygen atoms in total.